The highest BCUT2D eigenvalue weighted by molar-refractivity contribution is 6.11. The summed E-state index contributed by atoms with van der Waals surface area (Å²) >= 11 is 0. The third-order valence-corrected chi connectivity index (χ3v) is 2.22. The molecule has 74 valence electrons. The van der Waals surface area contributed by atoms with Crippen molar-refractivity contribution in [2.24, 2.45) is 5.41 Å². The van der Waals surface area contributed by atoms with E-state index in [-0.39, 0.29) is 17.4 Å². The highest BCUT2D eigenvalue weighted by Crippen LogP contribution is 2.20. The smallest absolute Gasteiger partial charge is 0.212 e. The molecule has 4 heteroatoms. The monoisotopic (exact) mass is 192 g/mol. The Kier molecular flexibility index (Phi) is 2.74. The van der Waals surface area contributed by atoms with Gasteiger partial charge in [0.15, 0.2) is 5.82 Å². The molecule has 1 heterocycles. The molecular weight excluding hydrogens is 180 g/mol. The second kappa shape index (κ2) is 3.65. The van der Waals surface area contributed by atoms with Crippen LogP contribution in [0.3, 0.4) is 0 Å². The average molecular weight is 192 g/mol. The molecule has 0 N–H and O–H groups in total. The number of carbonyl (C=O) groups is 2. The Morgan fingerprint density at radius 3 is 2.14 bits per heavy atom. The van der Waals surface area contributed by atoms with Gasteiger partial charge in [0.1, 0.15) is 5.78 Å². The first-order chi connectivity index (χ1) is 6.46. The topological polar surface area (TPSA) is 59.9 Å². The van der Waals surface area contributed by atoms with E-state index < -0.39 is 5.41 Å². The zero-order valence-corrected chi connectivity index (χ0v) is 8.44. The minimum absolute atomic E-state index is 0.0905. The lowest BCUT2D eigenvalue weighted by Gasteiger charge is -2.17. The van der Waals surface area contributed by atoms with E-state index in [0.717, 1.165) is 0 Å². The van der Waals surface area contributed by atoms with Crippen LogP contribution in [0.4, 0.5) is 0 Å². The fraction of sp³-hybridized carbons (Fsp3) is 0.400. The van der Waals surface area contributed by atoms with Gasteiger partial charge in [0.25, 0.3) is 0 Å². The molecule has 0 aromatic carbocycles. The number of rotatable bonds is 3. The maximum absolute atomic E-state index is 11.8. The van der Waals surface area contributed by atoms with E-state index in [4.69, 9.17) is 0 Å². The molecule has 0 aliphatic heterocycles. The molecule has 0 amide bonds. The number of hydrogen-bond donors (Lipinski definition) is 0. The fourth-order valence-electron chi connectivity index (χ4n) is 0.856. The van der Waals surface area contributed by atoms with Gasteiger partial charge in [0, 0.05) is 12.4 Å². The van der Waals surface area contributed by atoms with E-state index in [0.29, 0.717) is 0 Å². The van der Waals surface area contributed by atoms with Crippen molar-refractivity contribution in [1.29, 1.82) is 0 Å². The van der Waals surface area contributed by atoms with Crippen LogP contribution in [0, 0.1) is 5.41 Å². The maximum Gasteiger partial charge on any atom is 0.212 e. The Hall–Kier alpha value is -1.58. The third kappa shape index (κ3) is 1.84. The van der Waals surface area contributed by atoms with Crippen LogP contribution < -0.4 is 0 Å². The third-order valence-electron chi connectivity index (χ3n) is 2.22. The Morgan fingerprint density at radius 1 is 1.21 bits per heavy atom. The average Bonchev–Trinajstić information content (AvgIpc) is 2.17. The van der Waals surface area contributed by atoms with Gasteiger partial charge in [-0.05, 0) is 26.8 Å². The summed E-state index contributed by atoms with van der Waals surface area (Å²) in [6.07, 6.45) is 2.97. The molecule has 1 aromatic rings. The Bertz CT molecular complexity index is 358. The zero-order chi connectivity index (χ0) is 10.8. The highest BCUT2D eigenvalue weighted by atomic mass is 16.2. The Morgan fingerprint density at radius 2 is 1.71 bits per heavy atom. The molecule has 0 atom stereocenters. The van der Waals surface area contributed by atoms with Crippen LogP contribution in [0.2, 0.25) is 0 Å². The van der Waals surface area contributed by atoms with Crippen LogP contribution in [0.1, 0.15) is 31.4 Å². The minimum Gasteiger partial charge on any atom is -0.299 e. The Balaban J connectivity index is 3.03. The van der Waals surface area contributed by atoms with E-state index >= 15 is 0 Å². The van der Waals surface area contributed by atoms with Crippen LogP contribution in [-0.2, 0) is 4.79 Å². The highest BCUT2D eigenvalue weighted by Gasteiger charge is 2.34. The van der Waals surface area contributed by atoms with Gasteiger partial charge < -0.3 is 0 Å². The number of aromatic nitrogens is 2. The number of ketones is 2. The number of Topliss-reactive ketones (excluding diaryl/α,β-unsaturated/α-hetero) is 2. The van der Waals surface area contributed by atoms with Crippen molar-refractivity contribution in [1.82, 2.24) is 9.97 Å². The first-order valence-electron chi connectivity index (χ1n) is 4.29. The van der Waals surface area contributed by atoms with E-state index in [1.807, 2.05) is 0 Å². The lowest BCUT2D eigenvalue weighted by Crippen LogP contribution is -2.32. The minimum atomic E-state index is -1.04. The van der Waals surface area contributed by atoms with Gasteiger partial charge in [-0.25, -0.2) is 9.97 Å². The molecule has 0 saturated carbocycles. The molecule has 0 bridgehead atoms. The largest absolute Gasteiger partial charge is 0.299 e. The van der Waals surface area contributed by atoms with Gasteiger partial charge in [0.05, 0.1) is 5.41 Å². The second-order valence-corrected chi connectivity index (χ2v) is 3.58. The fourth-order valence-corrected chi connectivity index (χ4v) is 0.856. The molecule has 4 nitrogen and oxygen atoms in total. The SMILES string of the molecule is CC(=O)C(C)(C)C(=O)c1ncccn1. The molecule has 0 aliphatic carbocycles. The molecule has 14 heavy (non-hydrogen) atoms. The predicted molar refractivity (Wildman–Crippen MR) is 50.8 cm³/mol. The number of nitrogens with zero attached hydrogens (tertiary/aromatic N) is 2. The van der Waals surface area contributed by atoms with Crippen molar-refractivity contribution in [3.05, 3.63) is 24.3 Å². The van der Waals surface area contributed by atoms with Crippen molar-refractivity contribution in [2.75, 3.05) is 0 Å². The molecule has 0 spiro atoms. The molecule has 0 fully saturated rings. The summed E-state index contributed by atoms with van der Waals surface area (Å²) in [4.78, 5) is 30.6. The van der Waals surface area contributed by atoms with Crippen molar-refractivity contribution < 1.29 is 9.59 Å². The van der Waals surface area contributed by atoms with Crippen LogP contribution in [0.5, 0.6) is 0 Å². The molecule has 0 aliphatic rings. The molecule has 0 unspecified atom stereocenters. The van der Waals surface area contributed by atoms with Crippen molar-refractivity contribution in [3.8, 4) is 0 Å². The summed E-state index contributed by atoms with van der Waals surface area (Å²) in [5.41, 5.74) is -1.04. The lowest BCUT2D eigenvalue weighted by atomic mass is 9.84. The van der Waals surface area contributed by atoms with Gasteiger partial charge in [-0.3, -0.25) is 9.59 Å². The van der Waals surface area contributed by atoms with Crippen LogP contribution in [0.15, 0.2) is 18.5 Å². The number of carbonyl (C=O) groups excluding carboxylic acids is 2. The lowest BCUT2D eigenvalue weighted by molar-refractivity contribution is -0.122. The molecule has 1 aromatic heterocycles. The quantitative estimate of drug-likeness (QED) is 0.534. The van der Waals surface area contributed by atoms with Crippen molar-refractivity contribution in [2.45, 2.75) is 20.8 Å². The van der Waals surface area contributed by atoms with Crippen molar-refractivity contribution >= 4 is 11.6 Å². The summed E-state index contributed by atoms with van der Waals surface area (Å²) in [5.74, 6) is -0.437. The molecule has 0 radical (unpaired) electrons. The van der Waals surface area contributed by atoms with Crippen LogP contribution in [0.25, 0.3) is 0 Å². The van der Waals surface area contributed by atoms with Crippen LogP contribution >= 0.6 is 0 Å². The predicted octanol–water partition coefficient (Wildman–Crippen LogP) is 1.27. The first-order valence-corrected chi connectivity index (χ1v) is 4.29. The summed E-state index contributed by atoms with van der Waals surface area (Å²) in [6.45, 7) is 4.54. The summed E-state index contributed by atoms with van der Waals surface area (Å²) < 4.78 is 0. The summed E-state index contributed by atoms with van der Waals surface area (Å²) in [5, 5.41) is 0. The standard InChI is InChI=1S/C10H12N2O2/c1-7(13)10(2,3)8(14)9-11-5-4-6-12-9/h4-6H,1-3H3. The van der Waals surface area contributed by atoms with E-state index in [1.54, 1.807) is 19.9 Å². The number of hydrogen-bond acceptors (Lipinski definition) is 4. The molecule has 0 saturated heterocycles. The summed E-state index contributed by atoms with van der Waals surface area (Å²) in [7, 11) is 0. The van der Waals surface area contributed by atoms with Gasteiger partial charge in [0.2, 0.25) is 5.78 Å². The second-order valence-electron chi connectivity index (χ2n) is 3.58. The van der Waals surface area contributed by atoms with Gasteiger partial charge in [-0.1, -0.05) is 0 Å². The van der Waals surface area contributed by atoms with Gasteiger partial charge in [-0.15, -0.1) is 0 Å². The van der Waals surface area contributed by atoms with Gasteiger partial charge in [-0.2, -0.15) is 0 Å². The van der Waals surface area contributed by atoms with Gasteiger partial charge >= 0.3 is 0 Å². The van der Waals surface area contributed by atoms with Crippen LogP contribution in [-0.4, -0.2) is 21.5 Å². The first kappa shape index (κ1) is 10.5. The van der Waals surface area contributed by atoms with E-state index in [2.05, 4.69) is 9.97 Å². The van der Waals surface area contributed by atoms with Crippen molar-refractivity contribution in [3.63, 3.8) is 0 Å². The molecule has 1 rings (SSSR count). The zero-order valence-electron chi connectivity index (χ0n) is 8.44. The summed E-state index contributed by atoms with van der Waals surface area (Å²) in [6, 6.07) is 1.62. The Labute approximate surface area is 82.4 Å². The normalized spacial score (nSPS) is 11.1. The van der Waals surface area contributed by atoms with E-state index in [9.17, 15) is 9.59 Å². The maximum atomic E-state index is 11.8. The molecular formula is C10H12N2O2. The van der Waals surface area contributed by atoms with E-state index in [1.165, 1.54) is 19.3 Å².